The summed E-state index contributed by atoms with van der Waals surface area (Å²) in [6.07, 6.45) is 2.67. The molecule has 1 saturated carbocycles. The zero-order valence-electron chi connectivity index (χ0n) is 7.96. The molecule has 1 radical (unpaired) electrons. The molecule has 13 heavy (non-hydrogen) atoms. The zero-order chi connectivity index (χ0) is 9.26. The molecule has 0 atom stereocenters. The average Bonchev–Trinajstić information content (AvgIpc) is 3.00. The first-order chi connectivity index (χ1) is 6.31. The standard InChI is InChI=1S/C12H15O/c1-9(8-13)11-3-2-4-12(7-11)10-5-6-10/h2-4,7,10,13H,5-6,8H2,1H3. The maximum atomic E-state index is 9.00. The highest BCUT2D eigenvalue weighted by Gasteiger charge is 2.23. The molecular weight excluding hydrogens is 160 g/mol. The fourth-order valence-electron chi connectivity index (χ4n) is 1.57. The molecule has 0 aliphatic heterocycles. The van der Waals surface area contributed by atoms with E-state index in [9.17, 15) is 0 Å². The Morgan fingerprint density at radius 1 is 1.46 bits per heavy atom. The summed E-state index contributed by atoms with van der Waals surface area (Å²) in [5.74, 6) is 1.86. The van der Waals surface area contributed by atoms with Crippen LogP contribution in [0.2, 0.25) is 0 Å². The highest BCUT2D eigenvalue weighted by Crippen LogP contribution is 2.40. The molecule has 0 unspecified atom stereocenters. The molecule has 0 spiro atoms. The van der Waals surface area contributed by atoms with E-state index in [1.165, 1.54) is 24.0 Å². The van der Waals surface area contributed by atoms with Crippen LogP contribution in [-0.4, -0.2) is 11.7 Å². The van der Waals surface area contributed by atoms with Crippen LogP contribution in [0, 0.1) is 5.92 Å². The van der Waals surface area contributed by atoms with Crippen molar-refractivity contribution in [1.29, 1.82) is 0 Å². The number of hydrogen-bond acceptors (Lipinski definition) is 1. The highest BCUT2D eigenvalue weighted by atomic mass is 16.3. The summed E-state index contributed by atoms with van der Waals surface area (Å²) in [6.45, 7) is 2.14. The lowest BCUT2D eigenvalue weighted by atomic mass is 9.98. The molecule has 1 N–H and O–H groups in total. The molecule has 1 aliphatic carbocycles. The molecule has 0 aromatic heterocycles. The summed E-state index contributed by atoms with van der Waals surface area (Å²) >= 11 is 0. The second-order valence-corrected chi connectivity index (χ2v) is 3.84. The topological polar surface area (TPSA) is 20.2 Å². The van der Waals surface area contributed by atoms with Gasteiger partial charge in [-0.25, -0.2) is 0 Å². The smallest absolute Gasteiger partial charge is 0.0534 e. The molecule has 1 heteroatoms. The van der Waals surface area contributed by atoms with Crippen LogP contribution < -0.4 is 0 Å². The molecule has 2 rings (SSSR count). The molecule has 0 amide bonds. The van der Waals surface area contributed by atoms with Gasteiger partial charge in [0.15, 0.2) is 0 Å². The Kier molecular flexibility index (Phi) is 2.36. The van der Waals surface area contributed by atoms with Crippen LogP contribution in [-0.2, 0) is 0 Å². The van der Waals surface area contributed by atoms with E-state index in [0.717, 1.165) is 11.8 Å². The van der Waals surface area contributed by atoms with E-state index < -0.39 is 0 Å². The summed E-state index contributed by atoms with van der Waals surface area (Å²) in [5.41, 5.74) is 2.62. The van der Waals surface area contributed by atoms with Gasteiger partial charge in [-0.15, -0.1) is 0 Å². The third-order valence-electron chi connectivity index (χ3n) is 2.67. The Morgan fingerprint density at radius 3 is 2.85 bits per heavy atom. The molecule has 1 aromatic carbocycles. The van der Waals surface area contributed by atoms with Crippen molar-refractivity contribution in [2.45, 2.75) is 25.7 Å². The van der Waals surface area contributed by atoms with Crippen molar-refractivity contribution < 1.29 is 5.11 Å². The van der Waals surface area contributed by atoms with Gasteiger partial charge in [0, 0.05) is 5.92 Å². The van der Waals surface area contributed by atoms with Crippen molar-refractivity contribution in [3.63, 3.8) is 0 Å². The Balaban J connectivity index is 2.21. The largest absolute Gasteiger partial charge is 0.395 e. The van der Waals surface area contributed by atoms with E-state index in [2.05, 4.69) is 24.3 Å². The minimum absolute atomic E-state index is 0.161. The SMILES string of the molecule is C[C](CO)c1cccc(C2CC2)c1. The van der Waals surface area contributed by atoms with Gasteiger partial charge >= 0.3 is 0 Å². The predicted molar refractivity (Wildman–Crippen MR) is 53.5 cm³/mol. The third kappa shape index (κ3) is 1.92. The summed E-state index contributed by atoms with van der Waals surface area (Å²) in [4.78, 5) is 0. The van der Waals surface area contributed by atoms with Crippen LogP contribution in [0.5, 0.6) is 0 Å². The summed E-state index contributed by atoms with van der Waals surface area (Å²) in [6, 6.07) is 8.55. The van der Waals surface area contributed by atoms with E-state index in [1.807, 2.05) is 6.92 Å². The molecule has 1 nitrogen and oxygen atoms in total. The Bertz CT molecular complexity index is 289. The normalized spacial score (nSPS) is 16.5. The summed E-state index contributed by atoms with van der Waals surface area (Å²) in [5, 5.41) is 9.00. The fourth-order valence-corrected chi connectivity index (χ4v) is 1.57. The van der Waals surface area contributed by atoms with Gasteiger partial charge in [-0.1, -0.05) is 31.2 Å². The number of aliphatic hydroxyl groups excluding tert-OH is 1. The van der Waals surface area contributed by atoms with Crippen molar-refractivity contribution >= 4 is 0 Å². The van der Waals surface area contributed by atoms with E-state index in [-0.39, 0.29) is 6.61 Å². The zero-order valence-corrected chi connectivity index (χ0v) is 7.96. The van der Waals surface area contributed by atoms with Gasteiger partial charge in [0.05, 0.1) is 6.61 Å². The van der Waals surface area contributed by atoms with Crippen molar-refractivity contribution in [3.8, 4) is 0 Å². The first kappa shape index (κ1) is 8.76. The molecular formula is C12H15O. The van der Waals surface area contributed by atoms with Crippen molar-refractivity contribution in [2.75, 3.05) is 6.61 Å². The van der Waals surface area contributed by atoms with E-state index in [1.54, 1.807) is 0 Å². The Labute approximate surface area is 79.4 Å². The molecule has 0 heterocycles. The minimum Gasteiger partial charge on any atom is -0.395 e. The number of rotatable bonds is 3. The fraction of sp³-hybridized carbons (Fsp3) is 0.417. The molecule has 1 aliphatic rings. The molecule has 1 fully saturated rings. The van der Waals surface area contributed by atoms with Crippen LogP contribution >= 0.6 is 0 Å². The van der Waals surface area contributed by atoms with Gasteiger partial charge in [-0.05, 0) is 29.9 Å². The first-order valence-corrected chi connectivity index (χ1v) is 4.85. The number of aliphatic hydroxyl groups is 1. The second kappa shape index (κ2) is 3.51. The van der Waals surface area contributed by atoms with Gasteiger partial charge in [-0.2, -0.15) is 0 Å². The van der Waals surface area contributed by atoms with Crippen LogP contribution in [0.1, 0.15) is 36.8 Å². The Hall–Kier alpha value is -0.820. The number of hydrogen-bond donors (Lipinski definition) is 1. The number of benzene rings is 1. The minimum atomic E-state index is 0.161. The van der Waals surface area contributed by atoms with Crippen molar-refractivity contribution in [3.05, 3.63) is 41.3 Å². The molecule has 1 aromatic rings. The summed E-state index contributed by atoms with van der Waals surface area (Å²) in [7, 11) is 0. The van der Waals surface area contributed by atoms with Crippen LogP contribution in [0.25, 0.3) is 0 Å². The van der Waals surface area contributed by atoms with Crippen LogP contribution in [0.4, 0.5) is 0 Å². The third-order valence-corrected chi connectivity index (χ3v) is 2.67. The summed E-state index contributed by atoms with van der Waals surface area (Å²) < 4.78 is 0. The lowest BCUT2D eigenvalue weighted by Crippen LogP contribution is -2.00. The van der Waals surface area contributed by atoms with Gasteiger partial charge in [0.2, 0.25) is 0 Å². The van der Waals surface area contributed by atoms with Gasteiger partial charge in [0.25, 0.3) is 0 Å². The monoisotopic (exact) mass is 175 g/mol. The van der Waals surface area contributed by atoms with Crippen LogP contribution in [0.3, 0.4) is 0 Å². The quantitative estimate of drug-likeness (QED) is 0.748. The Morgan fingerprint density at radius 2 is 2.23 bits per heavy atom. The second-order valence-electron chi connectivity index (χ2n) is 3.84. The van der Waals surface area contributed by atoms with Gasteiger partial charge < -0.3 is 5.11 Å². The lowest BCUT2D eigenvalue weighted by molar-refractivity contribution is 0.315. The lowest BCUT2D eigenvalue weighted by Gasteiger charge is -2.08. The predicted octanol–water partition coefficient (Wildman–Crippen LogP) is 2.50. The van der Waals surface area contributed by atoms with Crippen molar-refractivity contribution in [2.24, 2.45) is 0 Å². The van der Waals surface area contributed by atoms with Gasteiger partial charge in [-0.3, -0.25) is 0 Å². The van der Waals surface area contributed by atoms with E-state index in [0.29, 0.717) is 0 Å². The van der Waals surface area contributed by atoms with Gasteiger partial charge in [0.1, 0.15) is 0 Å². The van der Waals surface area contributed by atoms with E-state index >= 15 is 0 Å². The maximum Gasteiger partial charge on any atom is 0.0534 e. The molecule has 69 valence electrons. The van der Waals surface area contributed by atoms with E-state index in [4.69, 9.17) is 5.11 Å². The van der Waals surface area contributed by atoms with Crippen molar-refractivity contribution in [1.82, 2.24) is 0 Å². The average molecular weight is 175 g/mol. The van der Waals surface area contributed by atoms with Crippen LogP contribution in [0.15, 0.2) is 24.3 Å². The molecule has 0 bridgehead atoms. The first-order valence-electron chi connectivity index (χ1n) is 4.85. The molecule has 0 saturated heterocycles. The highest BCUT2D eigenvalue weighted by molar-refractivity contribution is 5.36. The maximum absolute atomic E-state index is 9.00.